The summed E-state index contributed by atoms with van der Waals surface area (Å²) in [4.78, 5) is 14.4. The van der Waals surface area contributed by atoms with Crippen molar-refractivity contribution in [1.82, 2.24) is 4.90 Å². The predicted molar refractivity (Wildman–Crippen MR) is 74.5 cm³/mol. The van der Waals surface area contributed by atoms with Crippen LogP contribution in [0.4, 0.5) is 0 Å². The second-order valence-electron chi connectivity index (χ2n) is 4.38. The number of aryl methyl sites for hydroxylation is 1. The molecule has 0 saturated heterocycles. The third-order valence-electron chi connectivity index (χ3n) is 3.03. The molecular weight excluding hydrogens is 262 g/mol. The average Bonchev–Trinajstić information content (AvgIpc) is 2.99. The number of furan rings is 1. The lowest BCUT2D eigenvalue weighted by atomic mass is 10.2. The molecule has 4 nitrogen and oxygen atoms in total. The van der Waals surface area contributed by atoms with E-state index in [4.69, 9.17) is 9.52 Å². The number of carboxylic acid groups (broad SMARTS) is 1. The van der Waals surface area contributed by atoms with E-state index in [0.717, 1.165) is 18.7 Å². The van der Waals surface area contributed by atoms with Crippen molar-refractivity contribution < 1.29 is 14.3 Å². The topological polar surface area (TPSA) is 53.7 Å². The highest BCUT2D eigenvalue weighted by atomic mass is 32.1. The Morgan fingerprint density at radius 1 is 1.47 bits per heavy atom. The molecule has 0 aliphatic carbocycles. The number of thiophene rings is 1. The van der Waals surface area contributed by atoms with E-state index >= 15 is 0 Å². The Bertz CT molecular complexity index is 545. The molecule has 0 spiro atoms. The Kier molecular flexibility index (Phi) is 4.39. The summed E-state index contributed by atoms with van der Waals surface area (Å²) < 4.78 is 5.23. The predicted octanol–water partition coefficient (Wildman–Crippen LogP) is 3.37. The van der Waals surface area contributed by atoms with Crippen molar-refractivity contribution in [2.24, 2.45) is 0 Å². The van der Waals surface area contributed by atoms with Gasteiger partial charge in [-0.05, 0) is 31.0 Å². The van der Waals surface area contributed by atoms with Gasteiger partial charge in [-0.2, -0.15) is 0 Å². The van der Waals surface area contributed by atoms with E-state index in [-0.39, 0.29) is 5.76 Å². The van der Waals surface area contributed by atoms with E-state index in [9.17, 15) is 4.79 Å². The first-order valence-corrected chi connectivity index (χ1v) is 7.05. The van der Waals surface area contributed by atoms with Crippen LogP contribution in [0.3, 0.4) is 0 Å². The highest BCUT2D eigenvalue weighted by Gasteiger charge is 2.15. The lowest BCUT2D eigenvalue weighted by Crippen LogP contribution is -2.21. The highest BCUT2D eigenvalue weighted by Crippen LogP contribution is 2.19. The van der Waals surface area contributed by atoms with Crippen LogP contribution in [0.2, 0.25) is 0 Å². The number of nitrogens with zero attached hydrogens (tertiary/aromatic N) is 1. The fourth-order valence-corrected chi connectivity index (χ4v) is 2.67. The first-order valence-electron chi connectivity index (χ1n) is 6.17. The SMILES string of the molecule is CCN(Cc1cccs1)Cc1cc(C(=O)O)oc1C. The molecular formula is C14H17NO3S. The van der Waals surface area contributed by atoms with Crippen LogP contribution in [0.15, 0.2) is 28.0 Å². The smallest absolute Gasteiger partial charge is 0.371 e. The van der Waals surface area contributed by atoms with Gasteiger partial charge in [-0.1, -0.05) is 13.0 Å². The number of carboxylic acids is 1. The van der Waals surface area contributed by atoms with Gasteiger partial charge in [0.25, 0.3) is 0 Å². The van der Waals surface area contributed by atoms with Gasteiger partial charge in [0.2, 0.25) is 5.76 Å². The van der Waals surface area contributed by atoms with E-state index in [2.05, 4.69) is 23.3 Å². The summed E-state index contributed by atoms with van der Waals surface area (Å²) in [6, 6.07) is 5.77. The monoisotopic (exact) mass is 279 g/mol. The summed E-state index contributed by atoms with van der Waals surface area (Å²) in [5.41, 5.74) is 0.941. The van der Waals surface area contributed by atoms with Gasteiger partial charge in [0.05, 0.1) is 0 Å². The number of rotatable bonds is 6. The Balaban J connectivity index is 2.07. The number of hydrogen-bond acceptors (Lipinski definition) is 4. The molecule has 0 amide bonds. The van der Waals surface area contributed by atoms with Crippen LogP contribution >= 0.6 is 11.3 Å². The molecule has 102 valence electrons. The van der Waals surface area contributed by atoms with Gasteiger partial charge in [0, 0.05) is 23.5 Å². The van der Waals surface area contributed by atoms with Gasteiger partial charge in [0.15, 0.2) is 0 Å². The van der Waals surface area contributed by atoms with E-state index in [0.29, 0.717) is 12.3 Å². The fraction of sp³-hybridized carbons (Fsp3) is 0.357. The molecule has 0 unspecified atom stereocenters. The molecule has 0 fully saturated rings. The van der Waals surface area contributed by atoms with E-state index < -0.39 is 5.97 Å². The van der Waals surface area contributed by atoms with Gasteiger partial charge in [-0.3, -0.25) is 4.90 Å². The first-order chi connectivity index (χ1) is 9.10. The van der Waals surface area contributed by atoms with Crippen LogP contribution in [0, 0.1) is 6.92 Å². The normalized spacial score (nSPS) is 11.1. The maximum absolute atomic E-state index is 10.9. The molecule has 1 N–H and O–H groups in total. The van der Waals surface area contributed by atoms with Gasteiger partial charge >= 0.3 is 5.97 Å². The second-order valence-corrected chi connectivity index (χ2v) is 5.41. The summed E-state index contributed by atoms with van der Waals surface area (Å²) in [7, 11) is 0. The van der Waals surface area contributed by atoms with Gasteiger partial charge in [-0.15, -0.1) is 11.3 Å². The quantitative estimate of drug-likeness (QED) is 0.880. The van der Waals surface area contributed by atoms with Gasteiger partial charge in [-0.25, -0.2) is 4.79 Å². The summed E-state index contributed by atoms with van der Waals surface area (Å²) in [6.07, 6.45) is 0. The molecule has 0 radical (unpaired) electrons. The lowest BCUT2D eigenvalue weighted by molar-refractivity contribution is 0.0661. The van der Waals surface area contributed by atoms with Crippen molar-refractivity contribution in [3.05, 3.63) is 45.5 Å². The highest BCUT2D eigenvalue weighted by molar-refractivity contribution is 7.09. The van der Waals surface area contributed by atoms with Crippen LogP contribution in [0.1, 0.15) is 33.7 Å². The second kappa shape index (κ2) is 6.04. The van der Waals surface area contributed by atoms with Gasteiger partial charge in [0.1, 0.15) is 5.76 Å². The zero-order valence-electron chi connectivity index (χ0n) is 11.0. The third kappa shape index (κ3) is 3.45. The molecule has 5 heteroatoms. The summed E-state index contributed by atoms with van der Waals surface area (Å²) in [5.74, 6) is -0.322. The van der Waals surface area contributed by atoms with Crippen molar-refractivity contribution in [3.63, 3.8) is 0 Å². The molecule has 0 bridgehead atoms. The number of aromatic carboxylic acids is 1. The molecule has 0 aliphatic heterocycles. The van der Waals surface area contributed by atoms with Crippen LogP contribution in [-0.2, 0) is 13.1 Å². The molecule has 0 aromatic carbocycles. The Labute approximate surface area is 116 Å². The maximum atomic E-state index is 10.9. The Morgan fingerprint density at radius 3 is 2.79 bits per heavy atom. The molecule has 0 atom stereocenters. The Morgan fingerprint density at radius 2 is 2.26 bits per heavy atom. The number of carbonyl (C=O) groups is 1. The zero-order valence-corrected chi connectivity index (χ0v) is 11.9. The minimum Gasteiger partial charge on any atom is -0.475 e. The molecule has 2 aromatic rings. The molecule has 2 aromatic heterocycles. The fourth-order valence-electron chi connectivity index (χ4n) is 1.93. The number of hydrogen-bond donors (Lipinski definition) is 1. The van der Waals surface area contributed by atoms with E-state index in [1.54, 1.807) is 24.3 Å². The van der Waals surface area contributed by atoms with Crippen LogP contribution in [0.25, 0.3) is 0 Å². The largest absolute Gasteiger partial charge is 0.475 e. The summed E-state index contributed by atoms with van der Waals surface area (Å²) in [6.45, 7) is 6.39. The molecule has 0 saturated carbocycles. The van der Waals surface area contributed by atoms with Crippen molar-refractivity contribution in [2.45, 2.75) is 26.9 Å². The van der Waals surface area contributed by atoms with Crippen molar-refractivity contribution in [1.29, 1.82) is 0 Å². The van der Waals surface area contributed by atoms with E-state index in [1.807, 2.05) is 6.07 Å². The Hall–Kier alpha value is -1.59. The molecule has 2 rings (SSSR count). The standard InChI is InChI=1S/C14H17NO3S/c1-3-15(9-12-5-4-6-19-12)8-11-7-13(14(16)17)18-10(11)2/h4-7H,3,8-9H2,1-2H3,(H,16,17). The zero-order chi connectivity index (χ0) is 13.8. The maximum Gasteiger partial charge on any atom is 0.371 e. The first kappa shape index (κ1) is 13.8. The summed E-state index contributed by atoms with van der Waals surface area (Å²) >= 11 is 1.73. The van der Waals surface area contributed by atoms with Crippen molar-refractivity contribution in [3.8, 4) is 0 Å². The van der Waals surface area contributed by atoms with Crippen LogP contribution in [0.5, 0.6) is 0 Å². The minimum absolute atomic E-state index is 0.0136. The molecule has 19 heavy (non-hydrogen) atoms. The van der Waals surface area contributed by atoms with Crippen LogP contribution < -0.4 is 0 Å². The van der Waals surface area contributed by atoms with Crippen molar-refractivity contribution >= 4 is 17.3 Å². The third-order valence-corrected chi connectivity index (χ3v) is 3.89. The van der Waals surface area contributed by atoms with E-state index in [1.165, 1.54) is 4.88 Å². The van der Waals surface area contributed by atoms with Crippen molar-refractivity contribution in [2.75, 3.05) is 6.54 Å². The molecule has 0 aliphatic rings. The van der Waals surface area contributed by atoms with Gasteiger partial charge < -0.3 is 9.52 Å². The molecule has 2 heterocycles. The van der Waals surface area contributed by atoms with Crippen LogP contribution in [-0.4, -0.2) is 22.5 Å². The minimum atomic E-state index is -1.02. The summed E-state index contributed by atoms with van der Waals surface area (Å²) in [5, 5.41) is 11.0. The lowest BCUT2D eigenvalue weighted by Gasteiger charge is -2.19. The average molecular weight is 279 g/mol.